The highest BCUT2D eigenvalue weighted by atomic mass is 16.5. The smallest absolute Gasteiger partial charge is 0.250 e. The van der Waals surface area contributed by atoms with Crippen molar-refractivity contribution in [3.63, 3.8) is 0 Å². The molecule has 1 aromatic carbocycles. The zero-order valence-corrected chi connectivity index (χ0v) is 11.2. The molecule has 1 amide bonds. The van der Waals surface area contributed by atoms with Gasteiger partial charge in [0.05, 0.1) is 0 Å². The second-order valence-corrected chi connectivity index (χ2v) is 5.60. The first-order valence-corrected chi connectivity index (χ1v) is 6.34. The third-order valence-corrected chi connectivity index (χ3v) is 3.47. The van der Waals surface area contributed by atoms with Crippen molar-refractivity contribution < 1.29 is 14.6 Å². The summed E-state index contributed by atoms with van der Waals surface area (Å²) >= 11 is 0. The lowest BCUT2D eigenvalue weighted by molar-refractivity contribution is -0.126. The molecule has 104 valence electrons. The number of carbonyl (C=O) groups excluding carboxylic acids is 1. The average molecular weight is 264 g/mol. The molecule has 1 aliphatic heterocycles. The summed E-state index contributed by atoms with van der Waals surface area (Å²) in [6.07, 6.45) is -0.468. The first-order chi connectivity index (χ1) is 8.84. The fraction of sp³-hybridized carbons (Fsp3) is 0.500. The van der Waals surface area contributed by atoms with Gasteiger partial charge in [-0.2, -0.15) is 0 Å². The maximum Gasteiger partial charge on any atom is 0.250 e. The lowest BCUT2D eigenvalue weighted by Gasteiger charge is -2.37. The Morgan fingerprint density at radius 3 is 2.84 bits per heavy atom. The SMILES string of the molecule is CC1(C)CC(CN)c2ccc(C(O)C(N)=O)cc2O1. The van der Waals surface area contributed by atoms with Crippen LogP contribution in [0.25, 0.3) is 0 Å². The van der Waals surface area contributed by atoms with Crippen LogP contribution in [0.3, 0.4) is 0 Å². The Bertz CT molecular complexity index is 499. The highest BCUT2D eigenvalue weighted by Crippen LogP contribution is 2.41. The third kappa shape index (κ3) is 2.72. The molecule has 2 atom stereocenters. The van der Waals surface area contributed by atoms with Crippen molar-refractivity contribution in [3.8, 4) is 5.75 Å². The van der Waals surface area contributed by atoms with E-state index in [1.807, 2.05) is 19.9 Å². The third-order valence-electron chi connectivity index (χ3n) is 3.47. The van der Waals surface area contributed by atoms with E-state index in [1.54, 1.807) is 12.1 Å². The van der Waals surface area contributed by atoms with Gasteiger partial charge in [0.2, 0.25) is 0 Å². The Morgan fingerprint density at radius 1 is 1.58 bits per heavy atom. The molecule has 0 aromatic heterocycles. The molecule has 1 aliphatic rings. The number of aliphatic hydroxyl groups excluding tert-OH is 1. The summed E-state index contributed by atoms with van der Waals surface area (Å²) in [4.78, 5) is 11.0. The summed E-state index contributed by atoms with van der Waals surface area (Å²) < 4.78 is 5.90. The summed E-state index contributed by atoms with van der Waals surface area (Å²) in [5.41, 5.74) is 12.1. The quantitative estimate of drug-likeness (QED) is 0.752. The minimum atomic E-state index is -1.31. The van der Waals surface area contributed by atoms with E-state index in [9.17, 15) is 9.90 Å². The number of amides is 1. The number of hydrogen-bond donors (Lipinski definition) is 3. The minimum Gasteiger partial charge on any atom is -0.488 e. The first kappa shape index (κ1) is 13.8. The molecular formula is C14H20N2O3. The predicted molar refractivity (Wildman–Crippen MR) is 71.7 cm³/mol. The number of rotatable bonds is 3. The molecule has 5 nitrogen and oxygen atoms in total. The monoisotopic (exact) mass is 264 g/mol. The molecule has 0 saturated carbocycles. The fourth-order valence-corrected chi connectivity index (χ4v) is 2.56. The van der Waals surface area contributed by atoms with E-state index in [1.165, 1.54) is 0 Å². The summed E-state index contributed by atoms with van der Waals surface area (Å²) in [6, 6.07) is 5.22. The van der Waals surface area contributed by atoms with Crippen LogP contribution in [0.1, 0.15) is 43.4 Å². The molecule has 0 fully saturated rings. The molecule has 2 rings (SSSR count). The molecule has 1 aromatic rings. The van der Waals surface area contributed by atoms with Gasteiger partial charge in [0, 0.05) is 5.92 Å². The molecule has 0 radical (unpaired) electrons. The summed E-state index contributed by atoms with van der Waals surface area (Å²) in [5, 5.41) is 9.70. The van der Waals surface area contributed by atoms with Gasteiger partial charge in [-0.05, 0) is 44.0 Å². The van der Waals surface area contributed by atoms with Gasteiger partial charge in [0.25, 0.3) is 5.91 Å². The molecule has 0 bridgehead atoms. The minimum absolute atomic E-state index is 0.221. The molecule has 5 heteroatoms. The number of nitrogens with two attached hydrogens (primary N) is 2. The van der Waals surface area contributed by atoms with Gasteiger partial charge in [0.1, 0.15) is 11.4 Å². The average Bonchev–Trinajstić information content (AvgIpc) is 2.34. The van der Waals surface area contributed by atoms with Crippen LogP contribution in [0.15, 0.2) is 18.2 Å². The second kappa shape index (κ2) is 4.83. The first-order valence-electron chi connectivity index (χ1n) is 6.34. The van der Waals surface area contributed by atoms with Crippen LogP contribution in [0, 0.1) is 0 Å². The van der Waals surface area contributed by atoms with E-state index in [2.05, 4.69) is 0 Å². The van der Waals surface area contributed by atoms with Crippen LogP contribution in [0.4, 0.5) is 0 Å². The number of hydrogen-bond acceptors (Lipinski definition) is 4. The van der Waals surface area contributed by atoms with E-state index in [4.69, 9.17) is 16.2 Å². The van der Waals surface area contributed by atoms with Crippen LogP contribution in [-0.4, -0.2) is 23.2 Å². The predicted octanol–water partition coefficient (Wildman–Crippen LogP) is 0.809. The van der Waals surface area contributed by atoms with E-state index < -0.39 is 12.0 Å². The van der Waals surface area contributed by atoms with E-state index in [0.717, 1.165) is 12.0 Å². The van der Waals surface area contributed by atoms with Crippen LogP contribution in [-0.2, 0) is 4.79 Å². The molecular weight excluding hydrogens is 244 g/mol. The summed E-state index contributed by atoms with van der Waals surface area (Å²) in [6.45, 7) is 4.53. The van der Waals surface area contributed by atoms with Gasteiger partial charge in [-0.25, -0.2) is 0 Å². The summed E-state index contributed by atoms with van der Waals surface area (Å²) in [7, 11) is 0. The number of primary amides is 1. The van der Waals surface area contributed by atoms with Crippen LogP contribution in [0.5, 0.6) is 5.75 Å². The zero-order valence-electron chi connectivity index (χ0n) is 11.2. The molecule has 0 spiro atoms. The van der Waals surface area contributed by atoms with E-state index >= 15 is 0 Å². The number of fused-ring (bicyclic) bond motifs is 1. The van der Waals surface area contributed by atoms with Crippen molar-refractivity contribution in [1.29, 1.82) is 0 Å². The molecule has 5 N–H and O–H groups in total. The summed E-state index contributed by atoms with van der Waals surface area (Å²) in [5.74, 6) is 0.119. The van der Waals surface area contributed by atoms with Gasteiger partial charge in [-0.15, -0.1) is 0 Å². The highest BCUT2D eigenvalue weighted by molar-refractivity contribution is 5.80. The van der Waals surface area contributed by atoms with Crippen LogP contribution in [0.2, 0.25) is 0 Å². The van der Waals surface area contributed by atoms with Gasteiger partial charge in [-0.1, -0.05) is 12.1 Å². The standard InChI is InChI=1S/C14H20N2O3/c1-14(2)6-9(7-15)10-4-3-8(5-11(10)19-14)12(17)13(16)18/h3-5,9,12,17H,6-7,15H2,1-2H3,(H2,16,18). The second-order valence-electron chi connectivity index (χ2n) is 5.60. The van der Waals surface area contributed by atoms with Crippen LogP contribution < -0.4 is 16.2 Å². The number of ether oxygens (including phenoxy) is 1. The molecule has 19 heavy (non-hydrogen) atoms. The highest BCUT2D eigenvalue weighted by Gasteiger charge is 2.33. The van der Waals surface area contributed by atoms with Crippen molar-refractivity contribution in [3.05, 3.63) is 29.3 Å². The fourth-order valence-electron chi connectivity index (χ4n) is 2.56. The lowest BCUT2D eigenvalue weighted by atomic mass is 9.84. The Labute approximate surface area is 112 Å². The van der Waals surface area contributed by atoms with Crippen molar-refractivity contribution in [2.75, 3.05) is 6.54 Å². The Balaban J connectivity index is 2.41. The molecule has 1 heterocycles. The normalized spacial score (nSPS) is 22.2. The van der Waals surface area contributed by atoms with Gasteiger partial charge >= 0.3 is 0 Å². The van der Waals surface area contributed by atoms with Gasteiger partial charge in [-0.3, -0.25) is 4.79 Å². The Kier molecular flexibility index (Phi) is 3.52. The molecule has 0 saturated heterocycles. The number of aliphatic hydroxyl groups is 1. The number of benzene rings is 1. The van der Waals surface area contributed by atoms with Gasteiger partial charge in [0.15, 0.2) is 6.10 Å². The Hall–Kier alpha value is -1.59. The molecule has 0 aliphatic carbocycles. The largest absolute Gasteiger partial charge is 0.488 e. The lowest BCUT2D eigenvalue weighted by Crippen LogP contribution is -2.37. The molecule has 2 unspecified atom stereocenters. The zero-order chi connectivity index (χ0) is 14.2. The Morgan fingerprint density at radius 2 is 2.26 bits per heavy atom. The van der Waals surface area contributed by atoms with E-state index in [0.29, 0.717) is 17.9 Å². The maximum atomic E-state index is 11.0. The van der Waals surface area contributed by atoms with Crippen molar-refractivity contribution in [2.45, 2.75) is 37.9 Å². The van der Waals surface area contributed by atoms with E-state index in [-0.39, 0.29) is 11.5 Å². The van der Waals surface area contributed by atoms with Crippen molar-refractivity contribution >= 4 is 5.91 Å². The topological polar surface area (TPSA) is 98.6 Å². The van der Waals surface area contributed by atoms with Crippen LogP contribution >= 0.6 is 0 Å². The number of carbonyl (C=O) groups is 1. The van der Waals surface area contributed by atoms with Gasteiger partial charge < -0.3 is 21.3 Å². The maximum absolute atomic E-state index is 11.0. The van der Waals surface area contributed by atoms with Crippen molar-refractivity contribution in [2.24, 2.45) is 11.5 Å². The van der Waals surface area contributed by atoms with Crippen molar-refractivity contribution in [1.82, 2.24) is 0 Å².